The van der Waals surface area contributed by atoms with Crippen LogP contribution in [0.15, 0.2) is 73.1 Å². The zero-order chi connectivity index (χ0) is 28.1. The summed E-state index contributed by atoms with van der Waals surface area (Å²) in [6.45, 7) is 6.09. The molecule has 8 nitrogen and oxygen atoms in total. The average Bonchev–Trinajstić information content (AvgIpc) is 2.96. The number of likely N-dealkylation sites (N-methyl/N-ethyl adjacent to an activating group) is 1. The summed E-state index contributed by atoms with van der Waals surface area (Å²) in [6, 6.07) is 17.8. The Bertz CT molecular complexity index is 1790. The number of rotatable bonds is 6. The monoisotopic (exact) mass is 528 g/mol. The van der Waals surface area contributed by atoms with Gasteiger partial charge in [-0.15, -0.1) is 0 Å². The van der Waals surface area contributed by atoms with Crippen molar-refractivity contribution in [2.75, 3.05) is 6.54 Å². The van der Waals surface area contributed by atoms with Crippen LogP contribution in [0.2, 0.25) is 0 Å². The number of amides is 2. The number of hydrogen-bond donors (Lipinski definition) is 2. The number of benzene rings is 3. The van der Waals surface area contributed by atoms with Crippen molar-refractivity contribution >= 4 is 33.9 Å². The van der Waals surface area contributed by atoms with Gasteiger partial charge in [-0.05, 0) is 74.9 Å². The molecular weight excluding hydrogens is 500 g/mol. The number of nitrogens with zero attached hydrogens (tertiary/aromatic N) is 4. The molecule has 5 rings (SSSR count). The van der Waals surface area contributed by atoms with Crippen LogP contribution >= 0.6 is 0 Å². The van der Waals surface area contributed by atoms with E-state index in [9.17, 15) is 9.59 Å². The maximum atomic E-state index is 13.1. The maximum absolute atomic E-state index is 13.1. The highest BCUT2D eigenvalue weighted by Crippen LogP contribution is 2.16. The van der Waals surface area contributed by atoms with Crippen LogP contribution < -0.4 is 10.6 Å². The van der Waals surface area contributed by atoms with Gasteiger partial charge in [-0.1, -0.05) is 24.0 Å². The fraction of sp³-hybridized carbons (Fsp3) is 0.188. The molecular formula is C32H28N6O2. The summed E-state index contributed by atoms with van der Waals surface area (Å²) in [5, 5.41) is 5.72. The molecule has 2 N–H and O–H groups in total. The van der Waals surface area contributed by atoms with E-state index in [0.29, 0.717) is 24.0 Å². The highest BCUT2D eigenvalue weighted by Gasteiger charge is 2.22. The molecule has 2 aromatic heterocycles. The van der Waals surface area contributed by atoms with E-state index >= 15 is 0 Å². The molecule has 0 radical (unpaired) electrons. The van der Waals surface area contributed by atoms with Gasteiger partial charge >= 0.3 is 0 Å². The third-order valence-corrected chi connectivity index (χ3v) is 6.52. The van der Waals surface area contributed by atoms with Gasteiger partial charge in [0, 0.05) is 42.0 Å². The van der Waals surface area contributed by atoms with Crippen LogP contribution in [0.5, 0.6) is 0 Å². The summed E-state index contributed by atoms with van der Waals surface area (Å²) in [6.07, 6.45) is 3.66. The number of aryl methyl sites for hydroxylation is 2. The number of aromatic nitrogens is 4. The Hall–Kier alpha value is -5.16. The van der Waals surface area contributed by atoms with Crippen molar-refractivity contribution < 1.29 is 9.59 Å². The van der Waals surface area contributed by atoms with E-state index in [1.807, 2.05) is 63.2 Å². The van der Waals surface area contributed by atoms with Crippen molar-refractivity contribution in [3.8, 4) is 11.8 Å². The molecule has 5 aromatic rings. The quantitative estimate of drug-likeness (QED) is 0.322. The van der Waals surface area contributed by atoms with Crippen LogP contribution in [0, 0.1) is 25.7 Å². The molecule has 0 aliphatic rings. The molecule has 2 amide bonds. The van der Waals surface area contributed by atoms with Crippen LogP contribution in [0.3, 0.4) is 0 Å². The van der Waals surface area contributed by atoms with Gasteiger partial charge < -0.3 is 10.6 Å². The lowest BCUT2D eigenvalue weighted by molar-refractivity contribution is -0.122. The highest BCUT2D eigenvalue weighted by molar-refractivity contribution is 5.99. The first kappa shape index (κ1) is 26.4. The summed E-state index contributed by atoms with van der Waals surface area (Å²) in [4.78, 5) is 43.7. The van der Waals surface area contributed by atoms with Gasteiger partial charge in [0.15, 0.2) is 0 Å². The molecule has 8 heteroatoms. The van der Waals surface area contributed by atoms with Crippen LogP contribution in [0.1, 0.15) is 45.4 Å². The largest absolute Gasteiger partial charge is 0.355 e. The number of carbonyl (C=O) groups is 2. The predicted molar refractivity (Wildman–Crippen MR) is 155 cm³/mol. The van der Waals surface area contributed by atoms with Gasteiger partial charge in [-0.3, -0.25) is 19.6 Å². The van der Waals surface area contributed by atoms with E-state index in [1.54, 1.807) is 30.6 Å². The molecule has 198 valence electrons. The van der Waals surface area contributed by atoms with Gasteiger partial charge in [0.25, 0.3) is 5.91 Å². The second kappa shape index (κ2) is 11.7. The van der Waals surface area contributed by atoms with E-state index < -0.39 is 6.04 Å². The van der Waals surface area contributed by atoms with E-state index in [-0.39, 0.29) is 11.8 Å². The number of fused-ring (bicyclic) bond motifs is 2. The SMILES string of the molecule is CCNC(=O)[C@H](Cc1ccc(C#Cc2ccc3nccnc3c2)cc1)NC(=O)c1ccc2nc(C)c(C)nc2c1. The van der Waals surface area contributed by atoms with E-state index in [2.05, 4.69) is 42.4 Å². The molecule has 0 saturated heterocycles. The Labute approximate surface area is 232 Å². The molecule has 0 unspecified atom stereocenters. The highest BCUT2D eigenvalue weighted by atomic mass is 16.2. The molecule has 2 heterocycles. The van der Waals surface area contributed by atoms with E-state index in [0.717, 1.165) is 44.6 Å². The fourth-order valence-corrected chi connectivity index (χ4v) is 4.27. The summed E-state index contributed by atoms with van der Waals surface area (Å²) in [5.41, 5.74) is 7.65. The van der Waals surface area contributed by atoms with Crippen molar-refractivity contribution in [2.24, 2.45) is 0 Å². The molecule has 0 fully saturated rings. The van der Waals surface area contributed by atoms with Crippen LogP contribution in [-0.4, -0.2) is 44.3 Å². The molecule has 3 aromatic carbocycles. The molecule has 40 heavy (non-hydrogen) atoms. The van der Waals surface area contributed by atoms with E-state index in [4.69, 9.17) is 0 Å². The van der Waals surface area contributed by atoms with Gasteiger partial charge in [-0.25, -0.2) is 9.97 Å². The molecule has 0 aliphatic carbocycles. The normalized spacial score (nSPS) is 11.5. The van der Waals surface area contributed by atoms with Crippen molar-refractivity contribution in [3.05, 3.63) is 107 Å². The standard InChI is InChI=1S/C32H28N6O2/c1-4-33-32(40)30(38-31(39)25-12-14-27-29(19-25)37-21(3)20(2)36-27)18-23-8-5-22(6-9-23)7-10-24-11-13-26-28(17-24)35-16-15-34-26/h5-6,8-9,11-17,19,30H,4,18H2,1-3H3,(H,33,40)(H,38,39)/t30-/m0/s1. The minimum absolute atomic E-state index is 0.244. The number of hydrogen-bond acceptors (Lipinski definition) is 6. The summed E-state index contributed by atoms with van der Waals surface area (Å²) in [5.74, 6) is 5.74. The first-order valence-corrected chi connectivity index (χ1v) is 13.0. The second-order valence-corrected chi connectivity index (χ2v) is 9.43. The zero-order valence-corrected chi connectivity index (χ0v) is 22.5. The molecule has 0 bridgehead atoms. The minimum Gasteiger partial charge on any atom is -0.355 e. The molecule has 0 aliphatic heterocycles. The van der Waals surface area contributed by atoms with Crippen molar-refractivity contribution in [2.45, 2.75) is 33.2 Å². The van der Waals surface area contributed by atoms with Crippen molar-refractivity contribution in [3.63, 3.8) is 0 Å². The Morgan fingerprint density at radius 2 is 1.43 bits per heavy atom. The first-order valence-electron chi connectivity index (χ1n) is 13.0. The average molecular weight is 529 g/mol. The van der Waals surface area contributed by atoms with Gasteiger partial charge in [0.2, 0.25) is 5.91 Å². The lowest BCUT2D eigenvalue weighted by Gasteiger charge is -2.18. The molecule has 0 spiro atoms. The minimum atomic E-state index is -0.746. The van der Waals surface area contributed by atoms with Crippen LogP contribution in [0.25, 0.3) is 22.1 Å². The fourth-order valence-electron chi connectivity index (χ4n) is 4.27. The van der Waals surface area contributed by atoms with Crippen molar-refractivity contribution in [1.82, 2.24) is 30.6 Å². The number of nitrogens with one attached hydrogen (secondary N) is 2. The Morgan fingerprint density at radius 1 is 0.775 bits per heavy atom. The number of carbonyl (C=O) groups excluding carboxylic acids is 2. The maximum Gasteiger partial charge on any atom is 0.252 e. The first-order chi connectivity index (χ1) is 19.4. The third-order valence-electron chi connectivity index (χ3n) is 6.52. The second-order valence-electron chi connectivity index (χ2n) is 9.43. The predicted octanol–water partition coefficient (Wildman–Crippen LogP) is 4.07. The Balaban J connectivity index is 1.30. The van der Waals surface area contributed by atoms with E-state index in [1.165, 1.54) is 0 Å². The van der Waals surface area contributed by atoms with Gasteiger partial charge in [0.1, 0.15) is 6.04 Å². The Morgan fingerprint density at radius 3 is 2.17 bits per heavy atom. The Kier molecular flexibility index (Phi) is 7.74. The molecule has 0 saturated carbocycles. The summed E-state index contributed by atoms with van der Waals surface area (Å²) < 4.78 is 0. The topological polar surface area (TPSA) is 110 Å². The van der Waals surface area contributed by atoms with Gasteiger partial charge in [-0.2, -0.15) is 0 Å². The van der Waals surface area contributed by atoms with Gasteiger partial charge in [0.05, 0.1) is 33.5 Å². The van der Waals surface area contributed by atoms with Crippen molar-refractivity contribution in [1.29, 1.82) is 0 Å². The third kappa shape index (κ3) is 6.11. The summed E-state index contributed by atoms with van der Waals surface area (Å²) >= 11 is 0. The van der Waals surface area contributed by atoms with Crippen LogP contribution in [-0.2, 0) is 11.2 Å². The lowest BCUT2D eigenvalue weighted by atomic mass is 10.0. The zero-order valence-electron chi connectivity index (χ0n) is 22.5. The summed E-state index contributed by atoms with van der Waals surface area (Å²) in [7, 11) is 0. The van der Waals surface area contributed by atoms with Crippen LogP contribution in [0.4, 0.5) is 0 Å². The lowest BCUT2D eigenvalue weighted by Crippen LogP contribution is -2.48. The molecule has 1 atom stereocenters. The smallest absolute Gasteiger partial charge is 0.252 e.